The maximum absolute atomic E-state index is 6.67. The highest BCUT2D eigenvalue weighted by atomic mass is 16.3. The van der Waals surface area contributed by atoms with Crippen molar-refractivity contribution in [1.82, 2.24) is 0 Å². The molecule has 0 saturated heterocycles. The summed E-state index contributed by atoms with van der Waals surface area (Å²) in [6.07, 6.45) is 0. The lowest BCUT2D eigenvalue weighted by Gasteiger charge is -2.26. The molecule has 0 N–H and O–H groups in total. The molecule has 1 aliphatic rings. The number of fused-ring (bicyclic) bond motifs is 23. The molecular weight excluding hydrogens is 737 g/mol. The summed E-state index contributed by atoms with van der Waals surface area (Å²) < 4.78 is 6.67. The van der Waals surface area contributed by atoms with Crippen molar-refractivity contribution in [2.45, 2.75) is 0 Å². The van der Waals surface area contributed by atoms with Crippen LogP contribution in [0.2, 0.25) is 0 Å². The van der Waals surface area contributed by atoms with Gasteiger partial charge < -0.3 is 4.42 Å². The SMILES string of the molecule is c1ccc2c(c1)-c1cc3c4ccccc4c4ccccc4c3cc1-c1ccc(-c3cccc4c3oc3ccccc34)cc1-c1cc3c4ccccc4c4ccccc4c3cc1-2. The monoisotopic (exact) mass is 770 g/mol. The molecule has 1 heteroatoms. The number of furan rings is 1. The Morgan fingerprint density at radius 3 is 1.00 bits per heavy atom. The highest BCUT2D eigenvalue weighted by molar-refractivity contribution is 6.29. The van der Waals surface area contributed by atoms with E-state index in [-0.39, 0.29) is 0 Å². The van der Waals surface area contributed by atoms with E-state index in [0.717, 1.165) is 33.1 Å². The van der Waals surface area contributed by atoms with Gasteiger partial charge >= 0.3 is 0 Å². The van der Waals surface area contributed by atoms with Gasteiger partial charge in [0.05, 0.1) is 0 Å². The van der Waals surface area contributed by atoms with Crippen LogP contribution in [0, 0.1) is 0 Å². The molecule has 0 unspecified atom stereocenters. The minimum Gasteiger partial charge on any atom is -0.455 e. The summed E-state index contributed by atoms with van der Waals surface area (Å²) >= 11 is 0. The van der Waals surface area contributed by atoms with Crippen LogP contribution in [-0.4, -0.2) is 0 Å². The first-order valence-electron chi connectivity index (χ1n) is 21.2. The molecule has 0 spiro atoms. The fourth-order valence-electron chi connectivity index (χ4n) is 10.9. The van der Waals surface area contributed by atoms with Crippen LogP contribution in [0.1, 0.15) is 0 Å². The van der Waals surface area contributed by atoms with Gasteiger partial charge in [-0.15, -0.1) is 0 Å². The van der Waals surface area contributed by atoms with Crippen molar-refractivity contribution >= 4 is 86.6 Å². The smallest absolute Gasteiger partial charge is 0.143 e. The third kappa shape index (κ3) is 4.55. The van der Waals surface area contributed by atoms with Gasteiger partial charge in [-0.05, 0) is 151 Å². The fourth-order valence-corrected chi connectivity index (χ4v) is 10.9. The Labute approximate surface area is 351 Å². The van der Waals surface area contributed by atoms with E-state index in [2.05, 4.69) is 206 Å². The Morgan fingerprint density at radius 1 is 0.197 bits per heavy atom. The van der Waals surface area contributed by atoms with Gasteiger partial charge in [0.15, 0.2) is 0 Å². The van der Waals surface area contributed by atoms with E-state index < -0.39 is 0 Å². The largest absolute Gasteiger partial charge is 0.455 e. The molecule has 14 rings (SSSR count). The molecule has 12 aromatic carbocycles. The second kappa shape index (κ2) is 12.3. The van der Waals surface area contributed by atoms with Crippen molar-refractivity contribution in [2.75, 3.05) is 0 Å². The van der Waals surface area contributed by atoms with Crippen LogP contribution in [0.5, 0.6) is 0 Å². The molecule has 1 aromatic heterocycles. The van der Waals surface area contributed by atoms with Crippen LogP contribution in [0.3, 0.4) is 0 Å². The maximum atomic E-state index is 6.67. The zero-order chi connectivity index (χ0) is 39.8. The molecule has 280 valence electrons. The highest BCUT2D eigenvalue weighted by Gasteiger charge is 2.26. The predicted molar refractivity (Wildman–Crippen MR) is 259 cm³/mol. The van der Waals surface area contributed by atoms with Crippen molar-refractivity contribution in [2.24, 2.45) is 0 Å². The third-order valence-electron chi connectivity index (χ3n) is 13.6. The lowest BCUT2D eigenvalue weighted by molar-refractivity contribution is 0.670. The first kappa shape index (κ1) is 32.9. The van der Waals surface area contributed by atoms with Gasteiger partial charge in [0, 0.05) is 16.3 Å². The minimum atomic E-state index is 0.907. The number of para-hydroxylation sites is 2. The van der Waals surface area contributed by atoms with Crippen molar-refractivity contribution in [3.63, 3.8) is 0 Å². The molecule has 1 aliphatic carbocycles. The minimum absolute atomic E-state index is 0.907. The lowest BCUT2D eigenvalue weighted by Crippen LogP contribution is -1.99. The Kier molecular flexibility index (Phi) is 6.62. The van der Waals surface area contributed by atoms with Gasteiger partial charge in [-0.25, -0.2) is 0 Å². The molecule has 0 atom stereocenters. The zero-order valence-corrected chi connectivity index (χ0v) is 33.0. The van der Waals surface area contributed by atoms with Crippen LogP contribution in [0.15, 0.2) is 211 Å². The van der Waals surface area contributed by atoms with Gasteiger partial charge in [0.1, 0.15) is 11.2 Å². The van der Waals surface area contributed by atoms with E-state index >= 15 is 0 Å². The average Bonchev–Trinajstić information content (AvgIpc) is 3.72. The van der Waals surface area contributed by atoms with Gasteiger partial charge in [-0.3, -0.25) is 0 Å². The van der Waals surface area contributed by atoms with Gasteiger partial charge in [0.2, 0.25) is 0 Å². The number of hydrogen-bond donors (Lipinski definition) is 0. The highest BCUT2D eigenvalue weighted by Crippen LogP contribution is 2.53. The fraction of sp³-hybridized carbons (Fsp3) is 0. The standard InChI is InChI=1S/C60H34O/c1-5-18-41-37(14-1)38-15-3-7-20-43(38)53-33-57-47-29-28-35(36-25-13-26-49-48-24-11-12-27-59(48)61-60(36)49)30-50(47)58-34-55-44-21-8-4-17-40(44)39-16-2-6-19-42(39)52(55)32-56(58)46-23-10-9-22-45(46)54(57)31-51(41)53/h1-34H. The van der Waals surface area contributed by atoms with Crippen molar-refractivity contribution < 1.29 is 4.42 Å². The van der Waals surface area contributed by atoms with Crippen LogP contribution >= 0.6 is 0 Å². The molecule has 0 radical (unpaired) electrons. The van der Waals surface area contributed by atoms with E-state index in [1.807, 2.05) is 0 Å². The molecule has 0 aliphatic heterocycles. The molecule has 1 heterocycles. The molecule has 61 heavy (non-hydrogen) atoms. The van der Waals surface area contributed by atoms with Gasteiger partial charge in [-0.2, -0.15) is 0 Å². The third-order valence-corrected chi connectivity index (χ3v) is 13.6. The second-order valence-corrected chi connectivity index (χ2v) is 16.7. The number of benzene rings is 12. The Morgan fingerprint density at radius 2 is 0.525 bits per heavy atom. The van der Waals surface area contributed by atoms with Crippen molar-refractivity contribution in [1.29, 1.82) is 0 Å². The number of rotatable bonds is 1. The van der Waals surface area contributed by atoms with E-state index in [4.69, 9.17) is 4.42 Å². The summed E-state index contributed by atoms with van der Waals surface area (Å²) in [5.74, 6) is 0. The topological polar surface area (TPSA) is 13.1 Å². The predicted octanol–water partition coefficient (Wildman–Crippen LogP) is 17.2. The zero-order valence-electron chi connectivity index (χ0n) is 33.0. The molecular formula is C60H34O. The normalized spacial score (nSPS) is 12.3. The molecule has 0 fully saturated rings. The van der Waals surface area contributed by atoms with Crippen LogP contribution in [-0.2, 0) is 0 Å². The summed E-state index contributed by atoms with van der Waals surface area (Å²) in [5, 5.41) is 17.5. The molecule has 13 aromatic rings. The molecule has 0 saturated carbocycles. The van der Waals surface area contributed by atoms with Crippen molar-refractivity contribution in [3.05, 3.63) is 206 Å². The molecule has 1 nitrogen and oxygen atoms in total. The van der Waals surface area contributed by atoms with E-state index in [0.29, 0.717) is 0 Å². The average molecular weight is 771 g/mol. The van der Waals surface area contributed by atoms with Crippen molar-refractivity contribution in [3.8, 4) is 55.6 Å². The van der Waals surface area contributed by atoms with Crippen LogP contribution in [0.25, 0.3) is 142 Å². The van der Waals surface area contributed by atoms with E-state index in [9.17, 15) is 0 Å². The van der Waals surface area contributed by atoms with E-state index in [1.54, 1.807) is 0 Å². The summed E-state index contributed by atoms with van der Waals surface area (Å²) in [5.41, 5.74) is 13.9. The number of hydrogen-bond acceptors (Lipinski definition) is 1. The lowest BCUT2D eigenvalue weighted by atomic mass is 9.77. The second-order valence-electron chi connectivity index (χ2n) is 16.7. The molecule has 0 bridgehead atoms. The first-order valence-corrected chi connectivity index (χ1v) is 21.2. The van der Waals surface area contributed by atoms with Gasteiger partial charge in [0.25, 0.3) is 0 Å². The summed E-state index contributed by atoms with van der Waals surface area (Å²) in [7, 11) is 0. The maximum Gasteiger partial charge on any atom is 0.143 e. The summed E-state index contributed by atoms with van der Waals surface area (Å²) in [6, 6.07) is 76.7. The van der Waals surface area contributed by atoms with Crippen LogP contribution in [0.4, 0.5) is 0 Å². The first-order chi connectivity index (χ1) is 30.3. The quantitative estimate of drug-likeness (QED) is 0.152. The Bertz CT molecular complexity index is 4000. The summed E-state index contributed by atoms with van der Waals surface area (Å²) in [6.45, 7) is 0. The van der Waals surface area contributed by atoms with Gasteiger partial charge in [-0.1, -0.05) is 170 Å². The Hall–Kier alpha value is -8.00. The molecule has 0 amide bonds. The summed E-state index contributed by atoms with van der Waals surface area (Å²) in [4.78, 5) is 0. The van der Waals surface area contributed by atoms with Crippen LogP contribution < -0.4 is 0 Å². The Balaban J connectivity index is 1.17. The van der Waals surface area contributed by atoms with E-state index in [1.165, 1.54) is 109 Å².